The third-order valence-electron chi connectivity index (χ3n) is 2.69. The van der Waals surface area contributed by atoms with E-state index in [0.717, 1.165) is 0 Å². The summed E-state index contributed by atoms with van der Waals surface area (Å²) >= 11 is 15.3. The molecule has 0 aliphatic carbocycles. The largest absolute Gasteiger partial charge is 0.383 e. The van der Waals surface area contributed by atoms with Crippen molar-refractivity contribution in [3.8, 4) is 0 Å². The summed E-state index contributed by atoms with van der Waals surface area (Å²) in [6.07, 6.45) is 1.45. The number of hydrogen-bond donors (Lipinski definition) is 0. The lowest BCUT2D eigenvalue weighted by atomic mass is 10.1. The van der Waals surface area contributed by atoms with Crippen LogP contribution in [-0.2, 0) is 11.3 Å². The highest BCUT2D eigenvalue weighted by molar-refractivity contribution is 9.10. The number of rotatable bonds is 5. The van der Waals surface area contributed by atoms with E-state index in [9.17, 15) is 4.79 Å². The molecule has 0 atom stereocenters. The van der Waals surface area contributed by atoms with E-state index < -0.39 is 0 Å². The summed E-state index contributed by atoms with van der Waals surface area (Å²) < 4.78 is 7.18. The number of carbonyl (C=O) groups is 1. The topological polar surface area (TPSA) is 44.1 Å². The van der Waals surface area contributed by atoms with Gasteiger partial charge in [0.1, 0.15) is 5.69 Å². The number of aromatic nitrogens is 2. The summed E-state index contributed by atoms with van der Waals surface area (Å²) in [5.74, 6) is -0.238. The molecule has 0 aliphatic rings. The Bertz CT molecular complexity index is 643. The second-order valence-corrected chi connectivity index (χ2v) is 5.71. The predicted molar refractivity (Wildman–Crippen MR) is 81.7 cm³/mol. The van der Waals surface area contributed by atoms with E-state index in [0.29, 0.717) is 38.9 Å². The fraction of sp³-hybridized carbons (Fsp3) is 0.231. The minimum atomic E-state index is -0.238. The van der Waals surface area contributed by atoms with E-state index in [-0.39, 0.29) is 5.78 Å². The first-order valence-electron chi connectivity index (χ1n) is 5.74. The molecule has 0 saturated carbocycles. The summed E-state index contributed by atoms with van der Waals surface area (Å²) in [5.41, 5.74) is 0.769. The first kappa shape index (κ1) is 15.5. The van der Waals surface area contributed by atoms with Gasteiger partial charge in [0, 0.05) is 22.2 Å². The molecule has 0 N–H and O–H groups in total. The van der Waals surface area contributed by atoms with Gasteiger partial charge in [-0.05, 0) is 18.2 Å². The summed E-state index contributed by atoms with van der Waals surface area (Å²) in [6, 6.07) is 5.02. The molecule has 2 aromatic rings. The molecule has 0 unspecified atom stereocenters. The van der Waals surface area contributed by atoms with Crippen molar-refractivity contribution < 1.29 is 9.53 Å². The Morgan fingerprint density at radius 1 is 1.45 bits per heavy atom. The van der Waals surface area contributed by atoms with Crippen molar-refractivity contribution in [2.45, 2.75) is 6.54 Å². The van der Waals surface area contributed by atoms with Crippen LogP contribution in [0, 0.1) is 0 Å². The fourth-order valence-corrected chi connectivity index (χ4v) is 2.56. The Morgan fingerprint density at radius 3 is 2.90 bits per heavy atom. The number of nitrogens with zero attached hydrogens (tertiary/aromatic N) is 2. The van der Waals surface area contributed by atoms with Crippen molar-refractivity contribution in [2.24, 2.45) is 0 Å². The molecule has 2 rings (SSSR count). The van der Waals surface area contributed by atoms with Crippen LogP contribution in [0.5, 0.6) is 0 Å². The lowest BCUT2D eigenvalue weighted by Crippen LogP contribution is -2.15. The van der Waals surface area contributed by atoms with Crippen LogP contribution in [0.3, 0.4) is 0 Å². The SMILES string of the molecule is COCCn1ncc(Cl)c1C(=O)c1cc(Cl)ccc1Br. The minimum absolute atomic E-state index is 0.238. The molecular weight excluding hydrogens is 367 g/mol. The van der Waals surface area contributed by atoms with Crippen molar-refractivity contribution in [1.82, 2.24) is 9.78 Å². The Labute approximate surface area is 134 Å². The summed E-state index contributed by atoms with van der Waals surface area (Å²) in [5, 5.41) is 4.87. The molecular formula is C13H11BrCl2N2O2. The predicted octanol–water partition coefficient (Wildman–Crippen LogP) is 3.83. The van der Waals surface area contributed by atoms with Gasteiger partial charge in [-0.2, -0.15) is 5.10 Å². The molecule has 7 heteroatoms. The molecule has 1 aromatic heterocycles. The lowest BCUT2D eigenvalue weighted by Gasteiger charge is -2.08. The zero-order valence-electron chi connectivity index (χ0n) is 10.6. The van der Waals surface area contributed by atoms with Gasteiger partial charge in [-0.25, -0.2) is 0 Å². The van der Waals surface area contributed by atoms with E-state index in [1.807, 2.05) is 0 Å². The van der Waals surface area contributed by atoms with E-state index >= 15 is 0 Å². The van der Waals surface area contributed by atoms with E-state index in [1.165, 1.54) is 10.9 Å². The third-order valence-corrected chi connectivity index (χ3v) is 3.89. The number of carbonyl (C=O) groups excluding carboxylic acids is 1. The van der Waals surface area contributed by atoms with Gasteiger partial charge in [0.05, 0.1) is 24.4 Å². The second kappa shape index (κ2) is 6.72. The minimum Gasteiger partial charge on any atom is -0.383 e. The Kier molecular flexibility index (Phi) is 5.21. The Hall–Kier alpha value is -0.880. The maximum atomic E-state index is 12.6. The van der Waals surface area contributed by atoms with E-state index in [2.05, 4.69) is 21.0 Å². The van der Waals surface area contributed by atoms with Gasteiger partial charge in [-0.3, -0.25) is 9.48 Å². The second-order valence-electron chi connectivity index (χ2n) is 4.01. The zero-order chi connectivity index (χ0) is 14.7. The standard InChI is InChI=1S/C13H11BrCl2N2O2/c1-20-5-4-18-12(11(16)7-17-18)13(19)9-6-8(15)2-3-10(9)14/h2-3,6-7H,4-5H2,1H3. The molecule has 0 spiro atoms. The maximum absolute atomic E-state index is 12.6. The van der Waals surface area contributed by atoms with Gasteiger partial charge < -0.3 is 4.74 Å². The first-order chi connectivity index (χ1) is 9.54. The van der Waals surface area contributed by atoms with Crippen molar-refractivity contribution in [3.63, 3.8) is 0 Å². The average molecular weight is 378 g/mol. The highest BCUT2D eigenvalue weighted by atomic mass is 79.9. The highest BCUT2D eigenvalue weighted by Crippen LogP contribution is 2.26. The van der Waals surface area contributed by atoms with Crippen LogP contribution < -0.4 is 0 Å². The molecule has 4 nitrogen and oxygen atoms in total. The van der Waals surface area contributed by atoms with Gasteiger partial charge in [0.2, 0.25) is 5.78 Å². The van der Waals surface area contributed by atoms with Crippen LogP contribution in [0.4, 0.5) is 0 Å². The van der Waals surface area contributed by atoms with Crippen molar-refractivity contribution >= 4 is 44.9 Å². The molecule has 0 aliphatic heterocycles. The zero-order valence-corrected chi connectivity index (χ0v) is 13.7. The van der Waals surface area contributed by atoms with Gasteiger partial charge in [0.15, 0.2) is 0 Å². The normalized spacial score (nSPS) is 10.8. The number of methoxy groups -OCH3 is 1. The maximum Gasteiger partial charge on any atom is 0.213 e. The molecule has 0 saturated heterocycles. The molecule has 0 fully saturated rings. The average Bonchev–Trinajstić information content (AvgIpc) is 2.79. The number of ether oxygens (including phenoxy) is 1. The highest BCUT2D eigenvalue weighted by Gasteiger charge is 2.21. The van der Waals surface area contributed by atoms with E-state index in [4.69, 9.17) is 27.9 Å². The monoisotopic (exact) mass is 376 g/mol. The fourth-order valence-electron chi connectivity index (χ4n) is 1.73. The van der Waals surface area contributed by atoms with Crippen LogP contribution in [0.1, 0.15) is 16.1 Å². The molecule has 0 bridgehead atoms. The van der Waals surface area contributed by atoms with Crippen molar-refractivity contribution in [3.05, 3.63) is 50.2 Å². The first-order valence-corrected chi connectivity index (χ1v) is 7.29. The van der Waals surface area contributed by atoms with Crippen molar-refractivity contribution in [1.29, 1.82) is 0 Å². The number of halogens is 3. The lowest BCUT2D eigenvalue weighted by molar-refractivity contribution is 0.102. The van der Waals surface area contributed by atoms with Crippen LogP contribution in [-0.4, -0.2) is 29.3 Å². The van der Waals surface area contributed by atoms with Crippen LogP contribution in [0.25, 0.3) is 0 Å². The molecule has 20 heavy (non-hydrogen) atoms. The Balaban J connectivity index is 2.42. The molecule has 1 aromatic carbocycles. The summed E-state index contributed by atoms with van der Waals surface area (Å²) in [4.78, 5) is 12.6. The quantitative estimate of drug-likeness (QED) is 0.743. The van der Waals surface area contributed by atoms with Crippen LogP contribution >= 0.6 is 39.1 Å². The third kappa shape index (κ3) is 3.23. The van der Waals surface area contributed by atoms with Crippen molar-refractivity contribution in [2.75, 3.05) is 13.7 Å². The van der Waals surface area contributed by atoms with Gasteiger partial charge in [-0.1, -0.05) is 39.1 Å². The molecule has 106 valence electrons. The number of benzene rings is 1. The smallest absolute Gasteiger partial charge is 0.213 e. The van der Waals surface area contributed by atoms with E-state index in [1.54, 1.807) is 25.3 Å². The van der Waals surface area contributed by atoms with Crippen LogP contribution in [0.15, 0.2) is 28.9 Å². The molecule has 1 heterocycles. The number of hydrogen-bond acceptors (Lipinski definition) is 3. The van der Waals surface area contributed by atoms with Crippen LogP contribution in [0.2, 0.25) is 10.0 Å². The van der Waals surface area contributed by atoms with Gasteiger partial charge in [-0.15, -0.1) is 0 Å². The molecule has 0 amide bonds. The summed E-state index contributed by atoms with van der Waals surface area (Å²) in [7, 11) is 1.58. The summed E-state index contributed by atoms with van der Waals surface area (Å²) in [6.45, 7) is 0.886. The molecule has 0 radical (unpaired) electrons. The Morgan fingerprint density at radius 2 is 2.20 bits per heavy atom. The van der Waals surface area contributed by atoms with Gasteiger partial charge >= 0.3 is 0 Å². The van der Waals surface area contributed by atoms with Gasteiger partial charge in [0.25, 0.3) is 0 Å². The number of ketones is 1.